The van der Waals surface area contributed by atoms with Crippen LogP contribution < -0.4 is 5.43 Å². The van der Waals surface area contributed by atoms with Crippen LogP contribution in [-0.2, 0) is 4.79 Å². The summed E-state index contributed by atoms with van der Waals surface area (Å²) in [6.07, 6.45) is -10.1. The fraction of sp³-hybridized carbons (Fsp3) is 0.571. The molecule has 5 nitrogen and oxygen atoms in total. The van der Waals surface area contributed by atoms with Crippen LogP contribution in [0.15, 0.2) is 12.7 Å². The minimum Gasteiger partial charge on any atom is -0.272 e. The Morgan fingerprint density at radius 3 is 1.78 bits per heavy atom. The highest BCUT2D eigenvalue weighted by Gasteiger charge is 2.72. The zero-order valence-electron chi connectivity index (χ0n) is 8.67. The minimum atomic E-state index is -5.79. The first kappa shape index (κ1) is 14.3. The maximum atomic E-state index is 12.5. The first-order valence-electron chi connectivity index (χ1n) is 4.29. The Balaban J connectivity index is 3.09. The molecule has 0 aliphatic rings. The number of alkyl halides is 6. The third-order valence-corrected chi connectivity index (χ3v) is 2.24. The van der Waals surface area contributed by atoms with Gasteiger partial charge < -0.3 is 0 Å². The number of amides is 1. The molecule has 0 fully saturated rings. The molecule has 1 amide bonds. The van der Waals surface area contributed by atoms with Crippen molar-refractivity contribution in [1.29, 1.82) is 0 Å². The van der Waals surface area contributed by atoms with Gasteiger partial charge in [0.05, 0.1) is 0 Å². The van der Waals surface area contributed by atoms with E-state index in [1.165, 1.54) is 5.43 Å². The quantitative estimate of drug-likeness (QED) is 0.832. The van der Waals surface area contributed by atoms with E-state index in [9.17, 15) is 31.1 Å². The average Bonchev–Trinajstić information content (AvgIpc) is 2.65. The van der Waals surface area contributed by atoms with Gasteiger partial charge in [-0.25, -0.2) is 4.68 Å². The smallest absolute Gasteiger partial charge is 0.272 e. The molecule has 1 rings (SSSR count). The molecular weight excluding hydrogens is 270 g/mol. The van der Waals surface area contributed by atoms with Gasteiger partial charge in [-0.2, -0.15) is 26.3 Å². The lowest BCUT2D eigenvalue weighted by atomic mass is 9.88. The number of rotatable bonds is 2. The fourth-order valence-corrected chi connectivity index (χ4v) is 0.906. The molecule has 18 heavy (non-hydrogen) atoms. The van der Waals surface area contributed by atoms with Crippen LogP contribution in [0.2, 0.25) is 0 Å². The van der Waals surface area contributed by atoms with Gasteiger partial charge in [-0.15, -0.1) is 10.2 Å². The average molecular weight is 276 g/mol. The van der Waals surface area contributed by atoms with Crippen molar-refractivity contribution in [3.05, 3.63) is 12.7 Å². The summed E-state index contributed by atoms with van der Waals surface area (Å²) in [5.74, 6) is -2.28. The van der Waals surface area contributed by atoms with Crippen molar-refractivity contribution in [3.8, 4) is 0 Å². The molecule has 0 saturated carbocycles. The summed E-state index contributed by atoms with van der Waals surface area (Å²) in [4.78, 5) is 11.2. The van der Waals surface area contributed by atoms with Crippen LogP contribution in [0.25, 0.3) is 0 Å². The molecule has 0 aliphatic carbocycles. The van der Waals surface area contributed by atoms with E-state index in [0.717, 1.165) is 12.7 Å². The van der Waals surface area contributed by atoms with E-state index in [-0.39, 0.29) is 6.92 Å². The van der Waals surface area contributed by atoms with Crippen LogP contribution in [0.5, 0.6) is 0 Å². The van der Waals surface area contributed by atoms with Crippen LogP contribution in [0, 0.1) is 5.41 Å². The minimum absolute atomic E-state index is 0.243. The van der Waals surface area contributed by atoms with Crippen LogP contribution in [0.3, 0.4) is 0 Å². The second-order valence-electron chi connectivity index (χ2n) is 3.43. The summed E-state index contributed by atoms with van der Waals surface area (Å²) < 4.78 is 75.2. The third-order valence-electron chi connectivity index (χ3n) is 2.24. The Kier molecular flexibility index (Phi) is 3.28. The summed E-state index contributed by atoms with van der Waals surface area (Å²) in [6, 6.07) is 0. The summed E-state index contributed by atoms with van der Waals surface area (Å²) in [6.45, 7) is -0.243. The van der Waals surface area contributed by atoms with Crippen LogP contribution in [0.4, 0.5) is 26.3 Å². The van der Waals surface area contributed by atoms with Crippen molar-refractivity contribution in [3.63, 3.8) is 0 Å². The Labute approximate surface area is 95.8 Å². The molecule has 102 valence electrons. The normalized spacial score (nSPS) is 13.5. The van der Waals surface area contributed by atoms with E-state index < -0.39 is 23.7 Å². The number of halogens is 6. The largest absolute Gasteiger partial charge is 0.411 e. The topological polar surface area (TPSA) is 59.8 Å². The molecule has 1 aromatic heterocycles. The fourth-order valence-electron chi connectivity index (χ4n) is 0.906. The molecule has 11 heteroatoms. The summed E-state index contributed by atoms with van der Waals surface area (Å²) in [7, 11) is 0. The lowest BCUT2D eigenvalue weighted by Gasteiger charge is -2.32. The second-order valence-corrected chi connectivity index (χ2v) is 3.43. The van der Waals surface area contributed by atoms with Crippen molar-refractivity contribution >= 4 is 5.91 Å². The Morgan fingerprint density at radius 2 is 1.44 bits per heavy atom. The van der Waals surface area contributed by atoms with E-state index in [0.29, 0.717) is 4.68 Å². The van der Waals surface area contributed by atoms with Crippen LogP contribution >= 0.6 is 0 Å². The molecule has 0 aliphatic heterocycles. The monoisotopic (exact) mass is 276 g/mol. The first-order valence-corrected chi connectivity index (χ1v) is 4.29. The van der Waals surface area contributed by atoms with Crippen molar-refractivity contribution < 1.29 is 31.1 Å². The highest BCUT2D eigenvalue weighted by atomic mass is 19.4. The summed E-state index contributed by atoms with van der Waals surface area (Å²) >= 11 is 0. The van der Waals surface area contributed by atoms with Crippen molar-refractivity contribution in [2.75, 3.05) is 5.43 Å². The van der Waals surface area contributed by atoms with Gasteiger partial charge in [0.25, 0.3) is 5.91 Å². The third kappa shape index (κ3) is 2.24. The lowest BCUT2D eigenvalue weighted by molar-refractivity contribution is -0.317. The van der Waals surface area contributed by atoms with Gasteiger partial charge in [-0.05, 0) is 6.92 Å². The molecule has 1 aromatic rings. The van der Waals surface area contributed by atoms with E-state index in [2.05, 4.69) is 10.2 Å². The summed E-state index contributed by atoms with van der Waals surface area (Å²) in [5, 5.41) is 6.23. The molecule has 1 heterocycles. The van der Waals surface area contributed by atoms with Crippen molar-refractivity contribution in [2.45, 2.75) is 19.3 Å². The molecule has 0 aromatic carbocycles. The first-order chi connectivity index (χ1) is 8.00. The van der Waals surface area contributed by atoms with Gasteiger partial charge in [0.1, 0.15) is 12.7 Å². The molecule has 1 N–H and O–H groups in total. The number of nitrogens with zero attached hydrogens (tertiary/aromatic N) is 3. The maximum Gasteiger partial charge on any atom is 0.411 e. The molecule has 0 bridgehead atoms. The second kappa shape index (κ2) is 4.14. The Hall–Kier alpha value is -1.81. The van der Waals surface area contributed by atoms with E-state index in [1.807, 2.05) is 0 Å². The molecule has 0 saturated heterocycles. The maximum absolute atomic E-state index is 12.5. The Morgan fingerprint density at radius 1 is 1.06 bits per heavy atom. The number of hydrogen-bond acceptors (Lipinski definition) is 3. The molecular formula is C7H6F6N4O. The number of carbonyl (C=O) groups excluding carboxylic acids is 1. The molecule has 0 atom stereocenters. The number of aromatic nitrogens is 3. The highest BCUT2D eigenvalue weighted by molar-refractivity contribution is 5.90. The molecule has 0 unspecified atom stereocenters. The van der Waals surface area contributed by atoms with Gasteiger partial charge in [0.2, 0.25) is 5.41 Å². The van der Waals surface area contributed by atoms with E-state index in [4.69, 9.17) is 0 Å². The van der Waals surface area contributed by atoms with Gasteiger partial charge in [-0.1, -0.05) is 0 Å². The van der Waals surface area contributed by atoms with Crippen molar-refractivity contribution in [1.82, 2.24) is 14.9 Å². The van der Waals surface area contributed by atoms with Gasteiger partial charge in [0, 0.05) is 0 Å². The highest BCUT2D eigenvalue weighted by Crippen LogP contribution is 2.50. The summed E-state index contributed by atoms with van der Waals surface area (Å²) in [5.41, 5.74) is -3.14. The molecule has 0 radical (unpaired) electrons. The van der Waals surface area contributed by atoms with Gasteiger partial charge in [0.15, 0.2) is 0 Å². The SMILES string of the molecule is CC(C(=O)Nn1cnnc1)(C(F)(F)F)C(F)(F)F. The van der Waals surface area contributed by atoms with Crippen LogP contribution in [0.1, 0.15) is 6.92 Å². The zero-order valence-corrected chi connectivity index (χ0v) is 8.67. The number of carbonyl (C=O) groups is 1. The predicted molar refractivity (Wildman–Crippen MR) is 44.6 cm³/mol. The van der Waals surface area contributed by atoms with Gasteiger partial charge >= 0.3 is 12.4 Å². The van der Waals surface area contributed by atoms with E-state index in [1.54, 1.807) is 0 Å². The van der Waals surface area contributed by atoms with E-state index >= 15 is 0 Å². The van der Waals surface area contributed by atoms with Crippen LogP contribution in [-0.4, -0.2) is 33.1 Å². The number of nitrogens with one attached hydrogen (secondary N) is 1. The lowest BCUT2D eigenvalue weighted by Crippen LogP contribution is -2.56. The Bertz CT molecular complexity index is 408. The zero-order chi connectivity index (χ0) is 14.2. The standard InChI is InChI=1S/C7H6F6N4O/c1-5(6(8,9)10,7(11,12)13)4(18)16-17-2-14-15-3-17/h2-3H,1H3,(H,16,18). The number of hydrogen-bond donors (Lipinski definition) is 1. The van der Waals surface area contributed by atoms with Gasteiger partial charge in [-0.3, -0.25) is 10.2 Å². The predicted octanol–water partition coefficient (Wildman–Crippen LogP) is 1.48. The van der Waals surface area contributed by atoms with Crippen molar-refractivity contribution in [2.24, 2.45) is 5.41 Å². The molecule has 0 spiro atoms.